The van der Waals surface area contributed by atoms with Gasteiger partial charge >= 0.3 is 5.97 Å². The first-order valence-corrected chi connectivity index (χ1v) is 5.41. The maximum absolute atomic E-state index is 11.2. The van der Waals surface area contributed by atoms with E-state index in [1.165, 1.54) is 12.1 Å². The Morgan fingerprint density at radius 3 is 2.68 bits per heavy atom. The van der Waals surface area contributed by atoms with Crippen molar-refractivity contribution in [1.29, 1.82) is 0 Å². The van der Waals surface area contributed by atoms with Crippen LogP contribution in [0.25, 0.3) is 0 Å². The van der Waals surface area contributed by atoms with Crippen LogP contribution in [0.1, 0.15) is 5.56 Å². The number of aliphatic carboxylic acids is 1. The molecule has 3 N–H and O–H groups in total. The van der Waals surface area contributed by atoms with Crippen LogP contribution in [-0.4, -0.2) is 35.0 Å². The predicted molar refractivity (Wildman–Crippen MR) is 65.4 cm³/mol. The van der Waals surface area contributed by atoms with Crippen LogP contribution in [0.4, 0.5) is 5.69 Å². The van der Waals surface area contributed by atoms with E-state index in [9.17, 15) is 19.7 Å². The highest BCUT2D eigenvalue weighted by Gasteiger charge is 2.06. The van der Waals surface area contributed by atoms with E-state index >= 15 is 0 Å². The minimum atomic E-state index is -1.12. The summed E-state index contributed by atoms with van der Waals surface area (Å²) in [7, 11) is 0. The SMILES string of the molecule is O=C(O)CNC(=O)CNCc1cccc([N+](=O)[O-])c1. The summed E-state index contributed by atoms with van der Waals surface area (Å²) in [6.07, 6.45) is 0. The Balaban J connectivity index is 2.36. The summed E-state index contributed by atoms with van der Waals surface area (Å²) in [5.74, 6) is -1.57. The van der Waals surface area contributed by atoms with Gasteiger partial charge in [0, 0.05) is 18.7 Å². The second-order valence-corrected chi connectivity index (χ2v) is 3.70. The summed E-state index contributed by atoms with van der Waals surface area (Å²) in [5.41, 5.74) is 0.648. The number of benzene rings is 1. The summed E-state index contributed by atoms with van der Waals surface area (Å²) >= 11 is 0. The van der Waals surface area contributed by atoms with E-state index in [1.54, 1.807) is 12.1 Å². The number of nitro groups is 1. The van der Waals surface area contributed by atoms with Crippen LogP contribution in [0.15, 0.2) is 24.3 Å². The monoisotopic (exact) mass is 267 g/mol. The van der Waals surface area contributed by atoms with Crippen molar-refractivity contribution in [3.05, 3.63) is 39.9 Å². The molecule has 0 aromatic heterocycles. The molecule has 1 aromatic carbocycles. The Kier molecular flexibility index (Phi) is 5.42. The molecule has 0 aliphatic rings. The number of non-ortho nitro benzene ring substituents is 1. The second kappa shape index (κ2) is 7.07. The molecular weight excluding hydrogens is 254 g/mol. The summed E-state index contributed by atoms with van der Waals surface area (Å²) in [4.78, 5) is 31.4. The molecule has 0 atom stereocenters. The molecule has 1 amide bonds. The van der Waals surface area contributed by atoms with Crippen molar-refractivity contribution in [1.82, 2.24) is 10.6 Å². The number of carboxylic acid groups (broad SMARTS) is 1. The van der Waals surface area contributed by atoms with Crippen molar-refractivity contribution in [2.24, 2.45) is 0 Å². The minimum Gasteiger partial charge on any atom is -0.480 e. The smallest absolute Gasteiger partial charge is 0.322 e. The van der Waals surface area contributed by atoms with E-state index in [0.717, 1.165) is 0 Å². The predicted octanol–water partition coefficient (Wildman–Crippen LogP) is -0.115. The number of nitrogens with one attached hydrogen (secondary N) is 2. The fourth-order valence-corrected chi connectivity index (χ4v) is 1.34. The first kappa shape index (κ1) is 14.6. The first-order valence-electron chi connectivity index (χ1n) is 5.41. The molecule has 0 aliphatic heterocycles. The summed E-state index contributed by atoms with van der Waals surface area (Å²) in [6, 6.07) is 6.03. The van der Waals surface area contributed by atoms with Crippen molar-refractivity contribution >= 4 is 17.6 Å². The number of amides is 1. The van der Waals surface area contributed by atoms with Crippen molar-refractivity contribution < 1.29 is 19.6 Å². The number of carbonyl (C=O) groups is 2. The molecule has 0 saturated heterocycles. The maximum Gasteiger partial charge on any atom is 0.322 e. The molecule has 0 radical (unpaired) electrons. The van der Waals surface area contributed by atoms with Crippen LogP contribution < -0.4 is 10.6 Å². The quantitative estimate of drug-likeness (QED) is 0.468. The van der Waals surface area contributed by atoms with Gasteiger partial charge in [-0.2, -0.15) is 0 Å². The number of hydrogen-bond acceptors (Lipinski definition) is 5. The van der Waals surface area contributed by atoms with Gasteiger partial charge in [0.05, 0.1) is 11.5 Å². The fourth-order valence-electron chi connectivity index (χ4n) is 1.34. The van der Waals surface area contributed by atoms with Crippen LogP contribution in [0.3, 0.4) is 0 Å². The Bertz CT molecular complexity index is 489. The average molecular weight is 267 g/mol. The molecule has 0 unspecified atom stereocenters. The van der Waals surface area contributed by atoms with Crippen LogP contribution >= 0.6 is 0 Å². The van der Waals surface area contributed by atoms with E-state index in [2.05, 4.69) is 10.6 Å². The molecule has 102 valence electrons. The number of nitro benzene ring substituents is 1. The molecule has 1 aromatic rings. The van der Waals surface area contributed by atoms with E-state index in [4.69, 9.17) is 5.11 Å². The molecular formula is C11H13N3O5. The van der Waals surface area contributed by atoms with E-state index < -0.39 is 23.3 Å². The second-order valence-electron chi connectivity index (χ2n) is 3.70. The van der Waals surface area contributed by atoms with E-state index in [1.807, 2.05) is 0 Å². The summed E-state index contributed by atoms with van der Waals surface area (Å²) < 4.78 is 0. The zero-order valence-electron chi connectivity index (χ0n) is 9.96. The lowest BCUT2D eigenvalue weighted by molar-refractivity contribution is -0.384. The first-order chi connectivity index (χ1) is 8.99. The summed E-state index contributed by atoms with van der Waals surface area (Å²) in [5, 5.41) is 23.9. The lowest BCUT2D eigenvalue weighted by Gasteiger charge is -2.05. The van der Waals surface area contributed by atoms with Gasteiger partial charge in [-0.25, -0.2) is 0 Å². The summed E-state index contributed by atoms with van der Waals surface area (Å²) in [6.45, 7) is -0.213. The molecule has 0 fully saturated rings. The van der Waals surface area contributed by atoms with Gasteiger partial charge in [0.15, 0.2) is 0 Å². The van der Waals surface area contributed by atoms with Gasteiger partial charge in [-0.3, -0.25) is 19.7 Å². The zero-order chi connectivity index (χ0) is 14.3. The van der Waals surface area contributed by atoms with Gasteiger partial charge in [0.25, 0.3) is 5.69 Å². The number of hydrogen-bond donors (Lipinski definition) is 3. The highest BCUT2D eigenvalue weighted by atomic mass is 16.6. The van der Waals surface area contributed by atoms with Crippen LogP contribution in [0.5, 0.6) is 0 Å². The molecule has 0 bridgehead atoms. The highest BCUT2D eigenvalue weighted by molar-refractivity contribution is 5.82. The van der Waals surface area contributed by atoms with Crippen LogP contribution in [0, 0.1) is 10.1 Å². The molecule has 0 spiro atoms. The lowest BCUT2D eigenvalue weighted by atomic mass is 10.2. The topological polar surface area (TPSA) is 122 Å². The van der Waals surface area contributed by atoms with Gasteiger partial charge in [-0.1, -0.05) is 12.1 Å². The minimum absolute atomic E-state index is 0.0189. The average Bonchev–Trinajstić information content (AvgIpc) is 2.36. The van der Waals surface area contributed by atoms with E-state index in [0.29, 0.717) is 5.56 Å². The van der Waals surface area contributed by atoms with Crippen molar-refractivity contribution in [2.45, 2.75) is 6.54 Å². The normalized spacial score (nSPS) is 9.89. The number of carboxylic acids is 1. The van der Waals surface area contributed by atoms with Crippen molar-refractivity contribution in [3.63, 3.8) is 0 Å². The molecule has 1 rings (SSSR count). The van der Waals surface area contributed by atoms with Gasteiger partial charge in [0.2, 0.25) is 5.91 Å². The Labute approximate surface area is 108 Å². The van der Waals surface area contributed by atoms with Crippen LogP contribution in [-0.2, 0) is 16.1 Å². The molecule has 8 nitrogen and oxygen atoms in total. The third-order valence-electron chi connectivity index (χ3n) is 2.17. The Morgan fingerprint density at radius 1 is 1.32 bits per heavy atom. The Hall–Kier alpha value is -2.48. The largest absolute Gasteiger partial charge is 0.480 e. The highest BCUT2D eigenvalue weighted by Crippen LogP contribution is 2.12. The van der Waals surface area contributed by atoms with Crippen LogP contribution in [0.2, 0.25) is 0 Å². The standard InChI is InChI=1S/C11H13N3O5/c15-10(13-7-11(16)17)6-12-5-8-2-1-3-9(4-8)14(18)19/h1-4,12H,5-7H2,(H,13,15)(H,16,17). The third kappa shape index (κ3) is 5.59. The fraction of sp³-hybridized carbons (Fsp3) is 0.273. The molecule has 8 heteroatoms. The zero-order valence-corrected chi connectivity index (χ0v) is 9.96. The number of carbonyl (C=O) groups excluding carboxylic acids is 1. The van der Waals surface area contributed by atoms with Crippen molar-refractivity contribution in [3.8, 4) is 0 Å². The molecule has 0 saturated carbocycles. The van der Waals surface area contributed by atoms with Gasteiger partial charge in [0.1, 0.15) is 6.54 Å². The van der Waals surface area contributed by atoms with Gasteiger partial charge in [-0.05, 0) is 5.56 Å². The number of rotatable bonds is 7. The lowest BCUT2D eigenvalue weighted by Crippen LogP contribution is -2.36. The number of nitrogens with zero attached hydrogens (tertiary/aromatic N) is 1. The molecule has 0 aliphatic carbocycles. The molecule has 0 heterocycles. The van der Waals surface area contributed by atoms with Gasteiger partial charge < -0.3 is 15.7 Å². The third-order valence-corrected chi connectivity index (χ3v) is 2.17. The van der Waals surface area contributed by atoms with Gasteiger partial charge in [-0.15, -0.1) is 0 Å². The maximum atomic E-state index is 11.2. The van der Waals surface area contributed by atoms with E-state index in [-0.39, 0.29) is 18.8 Å². The molecule has 19 heavy (non-hydrogen) atoms. The Morgan fingerprint density at radius 2 is 2.05 bits per heavy atom. The van der Waals surface area contributed by atoms with Crippen molar-refractivity contribution in [2.75, 3.05) is 13.1 Å².